The minimum absolute atomic E-state index is 0.412. The van der Waals surface area contributed by atoms with Gasteiger partial charge in [-0.15, -0.1) is 0 Å². The molecule has 0 aromatic heterocycles. The zero-order valence-electron chi connectivity index (χ0n) is 8.89. The van der Waals surface area contributed by atoms with Crippen molar-refractivity contribution in [3.63, 3.8) is 0 Å². The molecule has 0 radical (unpaired) electrons. The normalized spacial score (nSPS) is 14.8. The molecule has 0 aromatic rings. The van der Waals surface area contributed by atoms with Crippen LogP contribution in [0.3, 0.4) is 0 Å². The molecule has 72 valence electrons. The van der Waals surface area contributed by atoms with Gasteiger partial charge in [0.25, 0.3) is 0 Å². The molecule has 0 fully saturated rings. The largest absolute Gasteiger partial charge is 0.374 e. The highest BCUT2D eigenvalue weighted by Crippen LogP contribution is 2.04. The Morgan fingerprint density at radius 3 is 2.58 bits per heavy atom. The van der Waals surface area contributed by atoms with Gasteiger partial charge >= 0.3 is 0 Å². The molecular weight excluding hydrogens is 148 g/mol. The molecule has 0 N–H and O–H groups in total. The summed E-state index contributed by atoms with van der Waals surface area (Å²) in [5.74, 6) is 0. The van der Waals surface area contributed by atoms with Gasteiger partial charge in [0.2, 0.25) is 0 Å². The molecule has 0 rings (SSSR count). The topological polar surface area (TPSA) is 9.23 Å². The van der Waals surface area contributed by atoms with E-state index in [0.29, 0.717) is 6.10 Å². The van der Waals surface area contributed by atoms with Crippen LogP contribution in [0.15, 0.2) is 11.6 Å². The van der Waals surface area contributed by atoms with E-state index in [2.05, 4.69) is 33.8 Å². The van der Waals surface area contributed by atoms with E-state index in [0.717, 1.165) is 13.0 Å². The van der Waals surface area contributed by atoms with Crippen LogP contribution < -0.4 is 0 Å². The fraction of sp³-hybridized carbons (Fsp3) is 0.818. The highest BCUT2D eigenvalue weighted by atomic mass is 16.5. The van der Waals surface area contributed by atoms with Gasteiger partial charge in [0.05, 0.1) is 12.7 Å². The fourth-order valence-electron chi connectivity index (χ4n) is 1.17. The lowest BCUT2D eigenvalue weighted by molar-refractivity contribution is 0.0766. The van der Waals surface area contributed by atoms with Crippen molar-refractivity contribution in [3.05, 3.63) is 11.6 Å². The average molecular weight is 170 g/mol. The predicted molar refractivity (Wildman–Crippen MR) is 54.4 cm³/mol. The fourth-order valence-corrected chi connectivity index (χ4v) is 1.17. The maximum atomic E-state index is 5.63. The van der Waals surface area contributed by atoms with E-state index < -0.39 is 0 Å². The highest BCUT2D eigenvalue weighted by molar-refractivity contribution is 4.97. The molecule has 1 unspecified atom stereocenters. The Bertz CT molecular complexity index is 127. The van der Waals surface area contributed by atoms with Gasteiger partial charge in [-0.1, -0.05) is 31.9 Å². The SMILES string of the molecule is CC/C=C(\C)COC(C)CCC. The van der Waals surface area contributed by atoms with Gasteiger partial charge in [0.1, 0.15) is 0 Å². The Kier molecular flexibility index (Phi) is 7.17. The first-order valence-corrected chi connectivity index (χ1v) is 4.97. The van der Waals surface area contributed by atoms with E-state index in [1.165, 1.54) is 18.4 Å². The molecule has 0 amide bonds. The minimum atomic E-state index is 0.412. The van der Waals surface area contributed by atoms with Crippen LogP contribution in [-0.4, -0.2) is 12.7 Å². The number of hydrogen-bond donors (Lipinski definition) is 0. The summed E-state index contributed by atoms with van der Waals surface area (Å²) in [7, 11) is 0. The summed E-state index contributed by atoms with van der Waals surface area (Å²) in [5, 5.41) is 0. The van der Waals surface area contributed by atoms with Crippen LogP contribution in [-0.2, 0) is 4.74 Å². The Morgan fingerprint density at radius 1 is 1.42 bits per heavy atom. The molecule has 1 heteroatoms. The Morgan fingerprint density at radius 2 is 2.08 bits per heavy atom. The van der Waals surface area contributed by atoms with Gasteiger partial charge in [-0.2, -0.15) is 0 Å². The molecule has 0 aliphatic carbocycles. The molecule has 0 aliphatic rings. The maximum Gasteiger partial charge on any atom is 0.0677 e. The molecule has 0 saturated heterocycles. The molecule has 0 heterocycles. The molecule has 0 aromatic carbocycles. The summed E-state index contributed by atoms with van der Waals surface area (Å²) < 4.78 is 5.63. The summed E-state index contributed by atoms with van der Waals surface area (Å²) in [5.41, 5.74) is 1.35. The molecule has 0 bridgehead atoms. The van der Waals surface area contributed by atoms with Crippen molar-refractivity contribution in [3.8, 4) is 0 Å². The number of hydrogen-bond acceptors (Lipinski definition) is 1. The zero-order valence-corrected chi connectivity index (χ0v) is 8.89. The summed E-state index contributed by atoms with van der Waals surface area (Å²) in [6.07, 6.45) is 6.11. The summed E-state index contributed by atoms with van der Waals surface area (Å²) in [6.45, 7) is 9.41. The van der Waals surface area contributed by atoms with E-state index >= 15 is 0 Å². The van der Waals surface area contributed by atoms with Crippen molar-refractivity contribution in [2.45, 2.75) is 53.1 Å². The molecule has 1 nitrogen and oxygen atoms in total. The maximum absolute atomic E-state index is 5.63. The third-order valence-electron chi connectivity index (χ3n) is 1.84. The van der Waals surface area contributed by atoms with Crippen molar-refractivity contribution < 1.29 is 4.74 Å². The van der Waals surface area contributed by atoms with Gasteiger partial charge in [0, 0.05) is 0 Å². The molecule has 0 spiro atoms. The predicted octanol–water partition coefficient (Wildman–Crippen LogP) is 3.55. The number of ether oxygens (including phenoxy) is 1. The Labute approximate surface area is 76.8 Å². The van der Waals surface area contributed by atoms with E-state index in [1.54, 1.807) is 0 Å². The van der Waals surface area contributed by atoms with E-state index in [1.807, 2.05) is 0 Å². The van der Waals surface area contributed by atoms with Gasteiger partial charge < -0.3 is 4.74 Å². The van der Waals surface area contributed by atoms with Crippen molar-refractivity contribution in [2.75, 3.05) is 6.61 Å². The van der Waals surface area contributed by atoms with Crippen LogP contribution in [0.25, 0.3) is 0 Å². The lowest BCUT2D eigenvalue weighted by atomic mass is 10.2. The van der Waals surface area contributed by atoms with Gasteiger partial charge in [-0.3, -0.25) is 0 Å². The second-order valence-electron chi connectivity index (χ2n) is 3.37. The van der Waals surface area contributed by atoms with Crippen LogP contribution >= 0.6 is 0 Å². The minimum Gasteiger partial charge on any atom is -0.374 e. The molecule has 12 heavy (non-hydrogen) atoms. The third kappa shape index (κ3) is 6.41. The van der Waals surface area contributed by atoms with E-state index in [9.17, 15) is 0 Å². The Hall–Kier alpha value is -0.300. The van der Waals surface area contributed by atoms with Crippen molar-refractivity contribution >= 4 is 0 Å². The lowest BCUT2D eigenvalue weighted by Crippen LogP contribution is -2.09. The third-order valence-corrected chi connectivity index (χ3v) is 1.84. The molecule has 0 saturated carbocycles. The van der Waals surface area contributed by atoms with Crippen LogP contribution in [0.5, 0.6) is 0 Å². The molecular formula is C11H22O. The first-order chi connectivity index (χ1) is 5.70. The van der Waals surface area contributed by atoms with Crippen LogP contribution in [0.2, 0.25) is 0 Å². The Balaban J connectivity index is 3.46. The van der Waals surface area contributed by atoms with Crippen LogP contribution in [0, 0.1) is 0 Å². The van der Waals surface area contributed by atoms with E-state index in [4.69, 9.17) is 4.74 Å². The lowest BCUT2D eigenvalue weighted by Gasteiger charge is -2.11. The first-order valence-electron chi connectivity index (χ1n) is 4.97. The van der Waals surface area contributed by atoms with E-state index in [-0.39, 0.29) is 0 Å². The van der Waals surface area contributed by atoms with Crippen molar-refractivity contribution in [2.24, 2.45) is 0 Å². The number of rotatable bonds is 6. The zero-order chi connectivity index (χ0) is 9.40. The van der Waals surface area contributed by atoms with Crippen LogP contribution in [0.1, 0.15) is 47.0 Å². The van der Waals surface area contributed by atoms with Gasteiger partial charge in [-0.25, -0.2) is 0 Å². The highest BCUT2D eigenvalue weighted by Gasteiger charge is 1.99. The monoisotopic (exact) mass is 170 g/mol. The standard InChI is InChI=1S/C11H22O/c1-5-7-10(3)9-12-11(4)8-6-2/h7,11H,5-6,8-9H2,1-4H3/b10-7+. The van der Waals surface area contributed by atoms with Gasteiger partial charge in [0.15, 0.2) is 0 Å². The van der Waals surface area contributed by atoms with Gasteiger partial charge in [-0.05, 0) is 26.7 Å². The van der Waals surface area contributed by atoms with Crippen LogP contribution in [0.4, 0.5) is 0 Å². The van der Waals surface area contributed by atoms with Crippen molar-refractivity contribution in [1.29, 1.82) is 0 Å². The van der Waals surface area contributed by atoms with Crippen molar-refractivity contribution in [1.82, 2.24) is 0 Å². The summed E-state index contributed by atoms with van der Waals surface area (Å²) in [4.78, 5) is 0. The molecule has 1 atom stereocenters. The quantitative estimate of drug-likeness (QED) is 0.554. The first kappa shape index (κ1) is 11.7. The smallest absolute Gasteiger partial charge is 0.0677 e. The number of allylic oxidation sites excluding steroid dienone is 1. The summed E-state index contributed by atoms with van der Waals surface area (Å²) in [6, 6.07) is 0. The second kappa shape index (κ2) is 7.35. The second-order valence-corrected chi connectivity index (χ2v) is 3.37. The molecule has 0 aliphatic heterocycles. The average Bonchev–Trinajstić information content (AvgIpc) is 2.02. The summed E-state index contributed by atoms with van der Waals surface area (Å²) >= 11 is 0.